The molecule has 2 rings (SSSR count). The number of hydrogen-bond acceptors (Lipinski definition) is 1. The maximum atomic E-state index is 13.6. The van der Waals surface area contributed by atoms with Crippen molar-refractivity contribution in [2.75, 3.05) is 0 Å². The van der Waals surface area contributed by atoms with Crippen molar-refractivity contribution in [1.82, 2.24) is 9.97 Å². The van der Waals surface area contributed by atoms with Gasteiger partial charge in [-0.25, -0.2) is 9.37 Å². The maximum Gasteiger partial charge on any atom is 0.127 e. The van der Waals surface area contributed by atoms with Gasteiger partial charge in [-0.1, -0.05) is 33.6 Å². The number of aromatic nitrogens is 2. The average molecular weight is 318 g/mol. The van der Waals surface area contributed by atoms with Gasteiger partial charge >= 0.3 is 0 Å². The minimum Gasteiger partial charge on any atom is -0.349 e. The molecule has 0 saturated heterocycles. The van der Waals surface area contributed by atoms with Gasteiger partial charge in [-0.3, -0.25) is 0 Å². The van der Waals surface area contributed by atoms with Gasteiger partial charge in [0.25, 0.3) is 0 Å². The summed E-state index contributed by atoms with van der Waals surface area (Å²) in [6.07, 6.45) is 4.71. The summed E-state index contributed by atoms with van der Waals surface area (Å²) in [5.41, 5.74) is 0.544. The van der Waals surface area contributed by atoms with Crippen molar-refractivity contribution in [1.29, 1.82) is 0 Å². The minimum atomic E-state index is -0.263. The van der Waals surface area contributed by atoms with Gasteiger partial charge in [0.15, 0.2) is 0 Å². The van der Waals surface area contributed by atoms with E-state index in [-0.39, 0.29) is 10.6 Å². The van der Waals surface area contributed by atoms with Gasteiger partial charge in [0.05, 0.1) is 0 Å². The van der Waals surface area contributed by atoms with E-state index in [1.165, 1.54) is 6.07 Å². The number of hydrogen-bond donors (Lipinski definition) is 1. The van der Waals surface area contributed by atoms with Gasteiger partial charge in [-0.15, -0.1) is 0 Å². The topological polar surface area (TPSA) is 28.7 Å². The molecule has 0 spiro atoms. The molecule has 2 nitrogen and oxygen atoms in total. The summed E-state index contributed by atoms with van der Waals surface area (Å²) in [4.78, 5) is 7.25. The zero-order chi connectivity index (χ0) is 12.3. The lowest BCUT2D eigenvalue weighted by Crippen LogP contribution is -2.09. The summed E-state index contributed by atoms with van der Waals surface area (Å²) < 4.78 is 13.6. The fourth-order valence-electron chi connectivity index (χ4n) is 1.64. The molecule has 1 aromatic heterocycles. The second-order valence-electron chi connectivity index (χ2n) is 3.74. The summed E-state index contributed by atoms with van der Waals surface area (Å²) in [6.45, 7) is 0. The van der Waals surface area contributed by atoms with Crippen LogP contribution in [0.3, 0.4) is 0 Å². The number of alkyl halides is 1. The van der Waals surface area contributed by atoms with E-state index in [0.29, 0.717) is 23.4 Å². The number of H-pyrrole nitrogens is 1. The van der Waals surface area contributed by atoms with Crippen LogP contribution in [0.1, 0.15) is 11.4 Å². The maximum absolute atomic E-state index is 13.6. The Morgan fingerprint density at radius 3 is 2.88 bits per heavy atom. The Labute approximate surface area is 112 Å². The zero-order valence-electron chi connectivity index (χ0n) is 8.96. The van der Waals surface area contributed by atoms with Gasteiger partial charge in [0.2, 0.25) is 0 Å². The molecule has 5 heteroatoms. The lowest BCUT2D eigenvalue weighted by Gasteiger charge is -2.10. The Balaban J connectivity index is 2.05. The second kappa shape index (κ2) is 5.65. The number of halogens is 3. The summed E-state index contributed by atoms with van der Waals surface area (Å²) in [6, 6.07) is 4.73. The van der Waals surface area contributed by atoms with Gasteiger partial charge < -0.3 is 4.98 Å². The van der Waals surface area contributed by atoms with E-state index in [9.17, 15) is 4.39 Å². The standard InChI is InChI=1S/C12H11BrClFN2/c13-8(7-12-16-4-5-17-12)6-9-10(14)2-1-3-11(9)15/h1-5,8H,6-7H2,(H,16,17). The van der Waals surface area contributed by atoms with Crippen molar-refractivity contribution in [2.45, 2.75) is 17.7 Å². The molecule has 1 N–H and O–H groups in total. The molecule has 0 fully saturated rings. The van der Waals surface area contributed by atoms with Gasteiger partial charge in [-0.05, 0) is 18.6 Å². The van der Waals surface area contributed by atoms with E-state index in [4.69, 9.17) is 11.6 Å². The lowest BCUT2D eigenvalue weighted by atomic mass is 10.1. The average Bonchev–Trinajstić information content (AvgIpc) is 2.76. The van der Waals surface area contributed by atoms with Crippen LogP contribution in [-0.2, 0) is 12.8 Å². The summed E-state index contributed by atoms with van der Waals surface area (Å²) in [7, 11) is 0. The first-order valence-electron chi connectivity index (χ1n) is 5.22. The van der Waals surface area contributed by atoms with E-state index in [0.717, 1.165) is 5.82 Å². The van der Waals surface area contributed by atoms with Crippen LogP contribution in [0, 0.1) is 5.82 Å². The van der Waals surface area contributed by atoms with Crippen molar-refractivity contribution in [3.63, 3.8) is 0 Å². The van der Waals surface area contributed by atoms with E-state index in [2.05, 4.69) is 25.9 Å². The predicted octanol–water partition coefficient (Wildman–Crippen LogP) is 3.75. The van der Waals surface area contributed by atoms with Crippen LogP contribution in [0.2, 0.25) is 5.02 Å². The van der Waals surface area contributed by atoms with Crippen molar-refractivity contribution in [3.8, 4) is 0 Å². The Bertz CT molecular complexity index is 467. The molecule has 1 atom stereocenters. The first kappa shape index (κ1) is 12.6. The van der Waals surface area contributed by atoms with Crippen LogP contribution in [0.25, 0.3) is 0 Å². The summed E-state index contributed by atoms with van der Waals surface area (Å²) in [5, 5.41) is 0.467. The summed E-state index contributed by atoms with van der Waals surface area (Å²) >= 11 is 9.49. The second-order valence-corrected chi connectivity index (χ2v) is 5.44. The molecule has 0 aliphatic heterocycles. The predicted molar refractivity (Wildman–Crippen MR) is 70.1 cm³/mol. The molecule has 1 aromatic carbocycles. The molecule has 17 heavy (non-hydrogen) atoms. The Hall–Kier alpha value is -0.870. The molecule has 2 aromatic rings. The summed E-state index contributed by atoms with van der Waals surface area (Å²) in [5.74, 6) is 0.612. The van der Waals surface area contributed by atoms with Crippen molar-refractivity contribution < 1.29 is 4.39 Å². The first-order chi connectivity index (χ1) is 8.16. The lowest BCUT2D eigenvalue weighted by molar-refractivity contribution is 0.606. The van der Waals surface area contributed by atoms with Gasteiger partial charge in [0.1, 0.15) is 11.6 Å². The highest BCUT2D eigenvalue weighted by atomic mass is 79.9. The van der Waals surface area contributed by atoms with E-state index in [1.54, 1.807) is 24.5 Å². The third-order valence-electron chi connectivity index (χ3n) is 2.46. The van der Waals surface area contributed by atoms with E-state index >= 15 is 0 Å². The van der Waals surface area contributed by atoms with Crippen molar-refractivity contribution >= 4 is 27.5 Å². The Kier molecular flexibility index (Phi) is 4.18. The number of benzene rings is 1. The SMILES string of the molecule is Fc1cccc(Cl)c1CC(Br)Cc1ncc[nH]1. The van der Waals surface area contributed by atoms with Crippen LogP contribution in [-0.4, -0.2) is 14.8 Å². The smallest absolute Gasteiger partial charge is 0.127 e. The highest BCUT2D eigenvalue weighted by Crippen LogP contribution is 2.23. The van der Waals surface area contributed by atoms with Crippen LogP contribution in [0.4, 0.5) is 4.39 Å². The third kappa shape index (κ3) is 3.30. The molecule has 1 unspecified atom stereocenters. The highest BCUT2D eigenvalue weighted by molar-refractivity contribution is 9.09. The normalized spacial score (nSPS) is 12.6. The number of nitrogens with one attached hydrogen (secondary N) is 1. The largest absolute Gasteiger partial charge is 0.349 e. The molecular weight excluding hydrogens is 307 g/mol. The Morgan fingerprint density at radius 1 is 1.41 bits per heavy atom. The van der Waals surface area contributed by atoms with Crippen molar-refractivity contribution in [2.24, 2.45) is 0 Å². The number of nitrogens with zero attached hydrogens (tertiary/aromatic N) is 1. The molecule has 90 valence electrons. The van der Waals surface area contributed by atoms with Crippen molar-refractivity contribution in [3.05, 3.63) is 52.8 Å². The number of rotatable bonds is 4. The fraction of sp³-hybridized carbons (Fsp3) is 0.250. The monoisotopic (exact) mass is 316 g/mol. The van der Waals surface area contributed by atoms with E-state index < -0.39 is 0 Å². The number of aromatic amines is 1. The van der Waals surface area contributed by atoms with Gasteiger partial charge in [0, 0.05) is 34.2 Å². The zero-order valence-corrected chi connectivity index (χ0v) is 11.3. The fourth-order valence-corrected chi connectivity index (χ4v) is 2.51. The quantitative estimate of drug-likeness (QED) is 0.855. The Morgan fingerprint density at radius 2 is 2.24 bits per heavy atom. The minimum absolute atomic E-state index is 0.100. The first-order valence-corrected chi connectivity index (χ1v) is 6.51. The number of imidazole rings is 1. The van der Waals surface area contributed by atoms with Gasteiger partial charge in [-0.2, -0.15) is 0 Å². The van der Waals surface area contributed by atoms with E-state index in [1.807, 2.05) is 0 Å². The van der Waals surface area contributed by atoms with Crippen LogP contribution < -0.4 is 0 Å². The molecule has 1 heterocycles. The van der Waals surface area contributed by atoms with Crippen LogP contribution in [0.5, 0.6) is 0 Å². The third-order valence-corrected chi connectivity index (χ3v) is 3.46. The molecule has 0 amide bonds. The highest BCUT2D eigenvalue weighted by Gasteiger charge is 2.13. The molecule has 0 radical (unpaired) electrons. The molecular formula is C12H11BrClFN2. The molecule has 0 bridgehead atoms. The van der Waals surface area contributed by atoms with Crippen LogP contribution in [0.15, 0.2) is 30.6 Å². The molecule has 0 aliphatic rings. The molecule has 0 saturated carbocycles. The molecule has 0 aliphatic carbocycles. The van der Waals surface area contributed by atoms with Crippen LogP contribution >= 0.6 is 27.5 Å².